The number of rotatable bonds is 27. The van der Waals surface area contributed by atoms with E-state index in [1.54, 1.807) is 75.4 Å². The van der Waals surface area contributed by atoms with Crippen LogP contribution in [0.4, 0.5) is 18.8 Å². The molecule has 0 saturated heterocycles. The number of benzene rings is 6. The molecule has 0 fully saturated rings. The second-order valence-corrected chi connectivity index (χ2v) is 27.2. The lowest BCUT2D eigenvalue weighted by Gasteiger charge is -2.25. The molecule has 18 heteroatoms. The third-order valence-electron chi connectivity index (χ3n) is 12.4. The van der Waals surface area contributed by atoms with E-state index in [4.69, 9.17) is 28.4 Å². The minimum atomic E-state index is -1.62. The number of carbonyl (C=O) groups is 6. The summed E-state index contributed by atoms with van der Waals surface area (Å²) < 4.78 is 50.5. The zero-order valence-corrected chi connectivity index (χ0v) is 47.8. The monoisotopic (exact) mass is 1120 g/mol. The Morgan fingerprint density at radius 1 is 0.519 bits per heavy atom. The maximum atomic E-state index is 16.2. The third kappa shape index (κ3) is 22.3. The number of alkyl carbamates (subject to hydrolysis) is 3. The lowest BCUT2D eigenvalue weighted by Crippen LogP contribution is -2.53. The van der Waals surface area contributed by atoms with Gasteiger partial charge >= 0.3 is 30.2 Å². The van der Waals surface area contributed by atoms with Gasteiger partial charge in [-0.15, -0.1) is 0 Å². The highest BCUT2D eigenvalue weighted by Gasteiger charge is 2.31. The molecular formula is C63H73FN4O12Si. The highest BCUT2D eigenvalue weighted by molar-refractivity contribution is 6.76. The summed E-state index contributed by atoms with van der Waals surface area (Å²) >= 11 is 0. The number of nitrogens with one attached hydrogen (secondary N) is 4. The molecule has 81 heavy (non-hydrogen) atoms. The summed E-state index contributed by atoms with van der Waals surface area (Å²) in [4.78, 5) is 81.5. The SMILES string of the molecule is CC(C)(C)OC(=O)N[C@@H](CCCNC(=O)OCc1ccccc1)C(=O)N[C@@H](Cc1cc(-c2ccc(OCc3ccccc3)c(C[C@H](NC(=O)OCc3ccccc3)C(=O)OCC[Si](C)(C)C)c2)ccc1F)C(=O)OCc1ccccc1. The van der Waals surface area contributed by atoms with Crippen LogP contribution in [-0.2, 0) is 77.3 Å². The van der Waals surface area contributed by atoms with Crippen molar-refractivity contribution in [1.29, 1.82) is 0 Å². The molecule has 6 aromatic rings. The first-order valence-corrected chi connectivity index (χ1v) is 30.6. The lowest BCUT2D eigenvalue weighted by atomic mass is 9.95. The summed E-state index contributed by atoms with van der Waals surface area (Å²) in [6, 6.07) is 42.9. The van der Waals surface area contributed by atoms with Gasteiger partial charge in [-0.3, -0.25) is 4.79 Å². The molecule has 4 N–H and O–H groups in total. The fraction of sp³-hybridized carbons (Fsp3) is 0.333. The van der Waals surface area contributed by atoms with Crippen LogP contribution in [0.2, 0.25) is 25.7 Å². The van der Waals surface area contributed by atoms with E-state index < -0.39 is 80.2 Å². The molecule has 16 nitrogen and oxygen atoms in total. The van der Waals surface area contributed by atoms with E-state index in [-0.39, 0.29) is 64.4 Å². The van der Waals surface area contributed by atoms with Crippen LogP contribution < -0.4 is 26.0 Å². The lowest BCUT2D eigenvalue weighted by molar-refractivity contribution is -0.149. The Morgan fingerprint density at radius 2 is 0.988 bits per heavy atom. The largest absolute Gasteiger partial charge is 0.489 e. The molecule has 0 radical (unpaired) electrons. The van der Waals surface area contributed by atoms with Crippen molar-refractivity contribution in [2.75, 3.05) is 13.2 Å². The van der Waals surface area contributed by atoms with Gasteiger partial charge in [0, 0.05) is 27.5 Å². The molecule has 0 aliphatic rings. The molecule has 0 spiro atoms. The van der Waals surface area contributed by atoms with Gasteiger partial charge in [-0.2, -0.15) is 0 Å². The molecule has 0 saturated carbocycles. The van der Waals surface area contributed by atoms with Gasteiger partial charge in [-0.05, 0) is 108 Å². The van der Waals surface area contributed by atoms with Crippen molar-refractivity contribution in [1.82, 2.24) is 21.3 Å². The molecular weight excluding hydrogens is 1050 g/mol. The number of amides is 4. The Kier molecular flexibility index (Phi) is 23.4. The number of hydrogen-bond donors (Lipinski definition) is 4. The number of hydrogen-bond acceptors (Lipinski definition) is 12. The van der Waals surface area contributed by atoms with E-state index in [2.05, 4.69) is 40.9 Å². The van der Waals surface area contributed by atoms with E-state index >= 15 is 4.39 Å². The van der Waals surface area contributed by atoms with Crippen LogP contribution in [0.3, 0.4) is 0 Å². The van der Waals surface area contributed by atoms with Crippen LogP contribution in [0.1, 0.15) is 67.0 Å². The summed E-state index contributed by atoms with van der Waals surface area (Å²) in [7, 11) is -1.62. The summed E-state index contributed by atoms with van der Waals surface area (Å²) in [5, 5.41) is 10.7. The quantitative estimate of drug-likeness (QED) is 0.0165. The zero-order chi connectivity index (χ0) is 58.2. The molecule has 0 unspecified atom stereocenters. The zero-order valence-electron chi connectivity index (χ0n) is 46.8. The van der Waals surface area contributed by atoms with Crippen LogP contribution >= 0.6 is 0 Å². The summed E-state index contributed by atoms with van der Waals surface area (Å²) in [6.07, 6.45) is -2.73. The van der Waals surface area contributed by atoms with Crippen molar-refractivity contribution in [3.05, 3.63) is 197 Å². The standard InChI is InChI=1S/C63H73FN4O12Si/c1-63(2,3)80-62(74)67-53(28-19-33-65-60(72)78-42-46-24-15-9-16-25-46)57(69)66-54(59(71)77-41-45-22-13-8-14-23-45)38-50-36-48(29-31-52(50)64)49-30-32-56(76-40-44-20-11-7-12-21-44)51(37-49)39-55(58(70)75-34-35-81(4,5)6)68-61(73)79-43-47-26-17-10-18-27-47/h7-18,20-27,29-32,36-37,53-55H,19,28,33-35,38-43H2,1-6H3,(H,65,72)(H,66,69)(H,67,74)(H,68,73)/t53-,54-,55-/m0/s1. The number of halogens is 1. The first-order chi connectivity index (χ1) is 38.8. The summed E-state index contributed by atoms with van der Waals surface area (Å²) in [5.74, 6) is -2.63. The maximum absolute atomic E-state index is 16.2. The molecule has 0 aliphatic heterocycles. The molecule has 6 aromatic carbocycles. The van der Waals surface area contributed by atoms with Crippen molar-refractivity contribution in [3.8, 4) is 16.9 Å². The number of ether oxygens (including phenoxy) is 6. The molecule has 0 heterocycles. The van der Waals surface area contributed by atoms with Crippen LogP contribution in [0.15, 0.2) is 158 Å². The van der Waals surface area contributed by atoms with E-state index in [1.165, 1.54) is 6.07 Å². The predicted octanol–water partition coefficient (Wildman–Crippen LogP) is 11.2. The van der Waals surface area contributed by atoms with E-state index in [0.717, 1.165) is 16.7 Å². The highest BCUT2D eigenvalue weighted by atomic mass is 28.3. The van der Waals surface area contributed by atoms with E-state index in [9.17, 15) is 28.8 Å². The van der Waals surface area contributed by atoms with Crippen LogP contribution in [0, 0.1) is 5.82 Å². The van der Waals surface area contributed by atoms with Crippen molar-refractivity contribution in [2.24, 2.45) is 0 Å². The third-order valence-corrected chi connectivity index (χ3v) is 14.1. The van der Waals surface area contributed by atoms with Crippen molar-refractivity contribution >= 4 is 44.2 Å². The second-order valence-electron chi connectivity index (χ2n) is 21.5. The topological polar surface area (TPSA) is 206 Å². The van der Waals surface area contributed by atoms with Crippen molar-refractivity contribution in [2.45, 2.75) is 122 Å². The Balaban J connectivity index is 1.27. The van der Waals surface area contributed by atoms with Gasteiger partial charge in [-0.25, -0.2) is 28.4 Å². The fourth-order valence-corrected chi connectivity index (χ4v) is 8.80. The minimum absolute atomic E-state index is 0.0193. The van der Waals surface area contributed by atoms with Crippen LogP contribution in [0.5, 0.6) is 5.75 Å². The smallest absolute Gasteiger partial charge is 0.408 e. The first-order valence-electron chi connectivity index (χ1n) is 26.9. The molecule has 0 bridgehead atoms. The van der Waals surface area contributed by atoms with Gasteiger partial charge in [0.15, 0.2) is 0 Å². The Hall–Kier alpha value is -8.51. The molecule has 3 atom stereocenters. The average Bonchev–Trinajstić information content (AvgIpc) is 3.47. The van der Waals surface area contributed by atoms with Crippen LogP contribution in [0.25, 0.3) is 11.1 Å². The summed E-state index contributed by atoms with van der Waals surface area (Å²) in [6.45, 7) is 11.7. The molecule has 428 valence electrons. The average molecular weight is 1130 g/mol. The van der Waals surface area contributed by atoms with Gasteiger partial charge in [0.2, 0.25) is 5.91 Å². The normalized spacial score (nSPS) is 12.3. The Morgan fingerprint density at radius 3 is 1.54 bits per heavy atom. The van der Waals surface area contributed by atoms with Crippen molar-refractivity contribution < 1.29 is 61.6 Å². The molecule has 0 aliphatic carbocycles. The predicted molar refractivity (Wildman–Crippen MR) is 308 cm³/mol. The first kappa shape index (κ1) is 61.7. The maximum Gasteiger partial charge on any atom is 0.408 e. The Bertz CT molecular complexity index is 3000. The van der Waals surface area contributed by atoms with Gasteiger partial charge in [0.25, 0.3) is 0 Å². The van der Waals surface area contributed by atoms with Gasteiger partial charge in [-0.1, -0.05) is 153 Å². The van der Waals surface area contributed by atoms with Gasteiger partial charge in [0.05, 0.1) is 6.61 Å². The van der Waals surface area contributed by atoms with E-state index in [0.29, 0.717) is 34.0 Å². The second kappa shape index (κ2) is 30.7. The minimum Gasteiger partial charge on any atom is -0.489 e. The highest BCUT2D eigenvalue weighted by Crippen LogP contribution is 2.31. The number of carbonyl (C=O) groups excluding carboxylic acids is 6. The van der Waals surface area contributed by atoms with Crippen LogP contribution in [-0.4, -0.2) is 81.1 Å². The summed E-state index contributed by atoms with van der Waals surface area (Å²) in [5.41, 5.74) is 3.75. The fourth-order valence-electron chi connectivity index (χ4n) is 8.09. The van der Waals surface area contributed by atoms with Gasteiger partial charge < -0.3 is 49.7 Å². The molecule has 4 amide bonds. The number of esters is 2. The van der Waals surface area contributed by atoms with Gasteiger partial charge in [0.1, 0.15) is 61.7 Å². The van der Waals surface area contributed by atoms with Crippen molar-refractivity contribution in [3.63, 3.8) is 0 Å². The molecule has 0 aromatic heterocycles. The molecule has 6 rings (SSSR count). The van der Waals surface area contributed by atoms with E-state index in [1.807, 2.05) is 97.1 Å². The Labute approximate surface area is 474 Å².